The van der Waals surface area contributed by atoms with Crippen LogP contribution in [0.2, 0.25) is 0 Å². The highest BCUT2D eigenvalue weighted by molar-refractivity contribution is 5.91. The van der Waals surface area contributed by atoms with Gasteiger partial charge in [-0.1, -0.05) is 0 Å². The van der Waals surface area contributed by atoms with Crippen LogP contribution in [0.15, 0.2) is 22.8 Å². The van der Waals surface area contributed by atoms with Crippen LogP contribution in [0, 0.1) is 0 Å². The van der Waals surface area contributed by atoms with Gasteiger partial charge in [0, 0.05) is 32.2 Å². The SMILES string of the molecule is CC(C)NC(=O)C(C)N1CCN(C(=O)c2ccco2)CC1. The third kappa shape index (κ3) is 3.85. The Balaban J connectivity index is 1.85. The van der Waals surface area contributed by atoms with Crippen molar-refractivity contribution >= 4 is 11.8 Å². The zero-order valence-corrected chi connectivity index (χ0v) is 12.8. The largest absolute Gasteiger partial charge is 0.459 e. The molecule has 0 aliphatic carbocycles. The van der Waals surface area contributed by atoms with Crippen LogP contribution in [0.1, 0.15) is 31.3 Å². The maximum absolute atomic E-state index is 12.2. The van der Waals surface area contributed by atoms with Crippen LogP contribution in [0.25, 0.3) is 0 Å². The molecule has 21 heavy (non-hydrogen) atoms. The lowest BCUT2D eigenvalue weighted by Crippen LogP contribution is -2.55. The molecule has 116 valence electrons. The lowest BCUT2D eigenvalue weighted by molar-refractivity contribution is -0.126. The van der Waals surface area contributed by atoms with Gasteiger partial charge in [0.2, 0.25) is 5.91 Å². The molecule has 1 aromatic heterocycles. The third-order valence-corrected chi connectivity index (χ3v) is 3.69. The van der Waals surface area contributed by atoms with Crippen molar-refractivity contribution < 1.29 is 14.0 Å². The molecule has 2 rings (SSSR count). The first-order valence-electron chi connectivity index (χ1n) is 7.36. The van der Waals surface area contributed by atoms with Crippen molar-refractivity contribution in [1.82, 2.24) is 15.1 Å². The molecule has 0 radical (unpaired) electrons. The van der Waals surface area contributed by atoms with Crippen molar-refractivity contribution in [1.29, 1.82) is 0 Å². The number of carbonyl (C=O) groups is 2. The van der Waals surface area contributed by atoms with Gasteiger partial charge in [-0.3, -0.25) is 14.5 Å². The van der Waals surface area contributed by atoms with E-state index in [4.69, 9.17) is 4.42 Å². The van der Waals surface area contributed by atoms with Crippen LogP contribution in [0.3, 0.4) is 0 Å². The summed E-state index contributed by atoms with van der Waals surface area (Å²) in [5.41, 5.74) is 0. The molecule has 1 aliphatic rings. The Bertz CT molecular complexity index is 476. The van der Waals surface area contributed by atoms with Gasteiger partial charge < -0.3 is 14.6 Å². The van der Waals surface area contributed by atoms with Crippen molar-refractivity contribution in [3.8, 4) is 0 Å². The van der Waals surface area contributed by atoms with E-state index in [0.29, 0.717) is 31.9 Å². The third-order valence-electron chi connectivity index (χ3n) is 3.69. The van der Waals surface area contributed by atoms with Gasteiger partial charge in [0.1, 0.15) is 0 Å². The molecule has 6 nitrogen and oxygen atoms in total. The molecule has 1 fully saturated rings. The maximum Gasteiger partial charge on any atom is 0.289 e. The van der Waals surface area contributed by atoms with Gasteiger partial charge in [-0.2, -0.15) is 0 Å². The van der Waals surface area contributed by atoms with Crippen molar-refractivity contribution in [3.05, 3.63) is 24.2 Å². The minimum absolute atomic E-state index is 0.0378. The summed E-state index contributed by atoms with van der Waals surface area (Å²) in [4.78, 5) is 28.0. The molecule has 6 heteroatoms. The fourth-order valence-corrected chi connectivity index (χ4v) is 2.44. The molecule has 1 saturated heterocycles. The molecule has 1 aromatic rings. The summed E-state index contributed by atoms with van der Waals surface area (Å²) in [6.07, 6.45) is 1.50. The maximum atomic E-state index is 12.2. The monoisotopic (exact) mass is 293 g/mol. The summed E-state index contributed by atoms with van der Waals surface area (Å²) in [5.74, 6) is 0.323. The Morgan fingerprint density at radius 2 is 1.86 bits per heavy atom. The van der Waals surface area contributed by atoms with Crippen LogP contribution < -0.4 is 5.32 Å². The molecule has 1 unspecified atom stereocenters. The predicted octanol–water partition coefficient (Wildman–Crippen LogP) is 0.950. The highest BCUT2D eigenvalue weighted by Crippen LogP contribution is 2.11. The topological polar surface area (TPSA) is 65.8 Å². The molecule has 1 aliphatic heterocycles. The van der Waals surface area contributed by atoms with E-state index in [9.17, 15) is 9.59 Å². The average molecular weight is 293 g/mol. The van der Waals surface area contributed by atoms with E-state index < -0.39 is 0 Å². The number of piperazine rings is 1. The molecule has 2 heterocycles. The summed E-state index contributed by atoms with van der Waals surface area (Å²) in [7, 11) is 0. The van der Waals surface area contributed by atoms with Crippen LogP contribution in [0.5, 0.6) is 0 Å². The first-order valence-corrected chi connectivity index (χ1v) is 7.36. The van der Waals surface area contributed by atoms with E-state index in [0.717, 1.165) is 0 Å². The second-order valence-corrected chi connectivity index (χ2v) is 5.64. The van der Waals surface area contributed by atoms with E-state index in [1.807, 2.05) is 20.8 Å². The molecule has 1 N–H and O–H groups in total. The molecule has 2 amide bonds. The van der Waals surface area contributed by atoms with Crippen molar-refractivity contribution in [2.45, 2.75) is 32.9 Å². The molecule has 0 saturated carbocycles. The zero-order valence-electron chi connectivity index (χ0n) is 12.8. The number of rotatable bonds is 4. The minimum atomic E-state index is -0.173. The van der Waals surface area contributed by atoms with Gasteiger partial charge in [-0.15, -0.1) is 0 Å². The first-order chi connectivity index (χ1) is 9.99. The van der Waals surface area contributed by atoms with Crippen LogP contribution in [-0.4, -0.2) is 59.9 Å². The fourth-order valence-electron chi connectivity index (χ4n) is 2.44. The summed E-state index contributed by atoms with van der Waals surface area (Å²) in [5, 5.41) is 2.92. The van der Waals surface area contributed by atoms with E-state index >= 15 is 0 Å². The summed E-state index contributed by atoms with van der Waals surface area (Å²) >= 11 is 0. The van der Waals surface area contributed by atoms with E-state index in [1.165, 1.54) is 6.26 Å². The molecule has 0 aromatic carbocycles. The summed E-state index contributed by atoms with van der Waals surface area (Å²) < 4.78 is 5.14. The molecule has 1 atom stereocenters. The predicted molar refractivity (Wildman–Crippen MR) is 78.9 cm³/mol. The lowest BCUT2D eigenvalue weighted by atomic mass is 10.2. The van der Waals surface area contributed by atoms with E-state index in [2.05, 4.69) is 10.2 Å². The minimum Gasteiger partial charge on any atom is -0.459 e. The van der Waals surface area contributed by atoms with Gasteiger partial charge >= 0.3 is 0 Å². The van der Waals surface area contributed by atoms with Crippen LogP contribution in [-0.2, 0) is 4.79 Å². The Kier molecular flexibility index (Phi) is 5.01. The molecule has 0 spiro atoms. The quantitative estimate of drug-likeness (QED) is 0.897. The Labute approximate surface area is 125 Å². The number of carbonyl (C=O) groups excluding carboxylic acids is 2. The fraction of sp³-hybridized carbons (Fsp3) is 0.600. The summed E-state index contributed by atoms with van der Waals surface area (Å²) in [6, 6.07) is 3.35. The first kappa shape index (κ1) is 15.6. The van der Waals surface area contributed by atoms with Gasteiger partial charge in [0.15, 0.2) is 5.76 Å². The van der Waals surface area contributed by atoms with Crippen molar-refractivity contribution in [2.75, 3.05) is 26.2 Å². The van der Waals surface area contributed by atoms with E-state index in [1.54, 1.807) is 17.0 Å². The molecular formula is C15H23N3O3. The van der Waals surface area contributed by atoms with Crippen molar-refractivity contribution in [2.24, 2.45) is 0 Å². The molecular weight excluding hydrogens is 270 g/mol. The Hall–Kier alpha value is -1.82. The number of furan rings is 1. The Morgan fingerprint density at radius 1 is 1.19 bits per heavy atom. The summed E-state index contributed by atoms with van der Waals surface area (Å²) in [6.45, 7) is 8.41. The van der Waals surface area contributed by atoms with Crippen LogP contribution >= 0.6 is 0 Å². The standard InChI is InChI=1S/C15H23N3O3/c1-11(2)16-14(19)12(3)17-6-8-18(9-7-17)15(20)13-5-4-10-21-13/h4-5,10-12H,6-9H2,1-3H3,(H,16,19). The number of nitrogens with one attached hydrogen (secondary N) is 1. The number of hydrogen-bond acceptors (Lipinski definition) is 4. The zero-order chi connectivity index (χ0) is 15.4. The van der Waals surface area contributed by atoms with Gasteiger partial charge in [0.25, 0.3) is 5.91 Å². The highest BCUT2D eigenvalue weighted by atomic mass is 16.3. The Morgan fingerprint density at radius 3 is 2.38 bits per heavy atom. The van der Waals surface area contributed by atoms with Gasteiger partial charge in [-0.25, -0.2) is 0 Å². The lowest BCUT2D eigenvalue weighted by Gasteiger charge is -2.37. The highest BCUT2D eigenvalue weighted by Gasteiger charge is 2.28. The van der Waals surface area contributed by atoms with Gasteiger partial charge in [0.05, 0.1) is 12.3 Å². The number of hydrogen-bond donors (Lipinski definition) is 1. The number of nitrogens with zero attached hydrogens (tertiary/aromatic N) is 2. The average Bonchev–Trinajstić information content (AvgIpc) is 2.99. The number of amides is 2. The second kappa shape index (κ2) is 6.76. The smallest absolute Gasteiger partial charge is 0.289 e. The molecule has 0 bridgehead atoms. The van der Waals surface area contributed by atoms with Crippen molar-refractivity contribution in [3.63, 3.8) is 0 Å². The second-order valence-electron chi connectivity index (χ2n) is 5.64. The van der Waals surface area contributed by atoms with E-state index in [-0.39, 0.29) is 23.9 Å². The van der Waals surface area contributed by atoms with Crippen LogP contribution in [0.4, 0.5) is 0 Å². The normalized spacial score (nSPS) is 17.8. The van der Waals surface area contributed by atoms with Gasteiger partial charge in [-0.05, 0) is 32.9 Å².